The van der Waals surface area contributed by atoms with Gasteiger partial charge in [0.2, 0.25) is 0 Å². The largest absolute Gasteiger partial charge is 0.472 e. The maximum atomic E-state index is 12.5. The van der Waals surface area contributed by atoms with Crippen molar-refractivity contribution in [3.8, 4) is 0 Å². The van der Waals surface area contributed by atoms with Gasteiger partial charge in [-0.3, -0.25) is 18.6 Å². The number of carbonyl (C=O) groups is 2. The monoisotopic (exact) mass is 787 g/mol. The van der Waals surface area contributed by atoms with E-state index in [4.69, 9.17) is 14.0 Å². The molecule has 0 aromatic heterocycles. The van der Waals surface area contributed by atoms with Crippen molar-refractivity contribution in [2.24, 2.45) is 0 Å². The summed E-state index contributed by atoms with van der Waals surface area (Å²) in [5.41, 5.74) is 0. The second kappa shape index (κ2) is 41.4. The predicted molar refractivity (Wildman–Crippen MR) is 226 cm³/mol. The maximum absolute atomic E-state index is 12.5. The Balaban J connectivity index is 3.93. The molecule has 2 atom stereocenters. The topological polar surface area (TPSA) is 108 Å². The Bertz CT molecular complexity index is 895. The van der Waals surface area contributed by atoms with E-state index in [2.05, 4.69) is 30.5 Å². The average Bonchev–Trinajstić information content (AvgIpc) is 3.16. The molecular weight excluding hydrogens is 699 g/mol. The summed E-state index contributed by atoms with van der Waals surface area (Å²) in [6.07, 6.45) is 45.5. The summed E-state index contributed by atoms with van der Waals surface area (Å²) in [5.74, 6) is -0.792. The third kappa shape index (κ3) is 40.5. The molecular formula is C45H87O8P. The fourth-order valence-electron chi connectivity index (χ4n) is 6.71. The number of unbranched alkanes of at least 4 members (excludes halogenated alkanes) is 30. The van der Waals surface area contributed by atoms with Crippen LogP contribution in [-0.2, 0) is 32.7 Å². The lowest BCUT2D eigenvalue weighted by Crippen LogP contribution is -2.29. The molecule has 2 unspecified atom stereocenters. The summed E-state index contributed by atoms with van der Waals surface area (Å²) in [6, 6.07) is 0. The van der Waals surface area contributed by atoms with Crippen LogP contribution in [0.2, 0.25) is 0 Å². The summed E-state index contributed by atoms with van der Waals surface area (Å²) in [7, 11) is -3.19. The molecule has 0 heterocycles. The summed E-state index contributed by atoms with van der Waals surface area (Å²) in [5, 5.41) is 0. The zero-order chi connectivity index (χ0) is 39.6. The lowest BCUT2D eigenvalue weighted by atomic mass is 10.0. The lowest BCUT2D eigenvalue weighted by Gasteiger charge is -2.19. The number of hydrogen-bond acceptors (Lipinski definition) is 7. The minimum Gasteiger partial charge on any atom is -0.462 e. The van der Waals surface area contributed by atoms with Gasteiger partial charge < -0.3 is 14.4 Å². The molecule has 0 rings (SSSR count). The number of phosphoric ester groups is 1. The first kappa shape index (κ1) is 52.8. The Kier molecular flexibility index (Phi) is 40.5. The molecule has 9 heteroatoms. The van der Waals surface area contributed by atoms with Crippen molar-refractivity contribution in [3.05, 3.63) is 12.2 Å². The number of allylic oxidation sites excluding steroid dienone is 2. The van der Waals surface area contributed by atoms with E-state index in [0.29, 0.717) is 12.8 Å². The van der Waals surface area contributed by atoms with E-state index in [-0.39, 0.29) is 19.0 Å². The van der Waals surface area contributed by atoms with Crippen molar-refractivity contribution >= 4 is 19.8 Å². The molecule has 0 amide bonds. The Morgan fingerprint density at radius 2 is 0.833 bits per heavy atom. The van der Waals surface area contributed by atoms with E-state index in [1.165, 1.54) is 173 Å². The fourth-order valence-corrected chi connectivity index (χ4v) is 7.17. The molecule has 0 bridgehead atoms. The SMILES string of the molecule is CCCCCCCC/C=C\CCCCCCCCCCCC(=O)OC(COC(=O)CCCCCCCCCCCCCCCCCC)COP(=O)(O)OC. The average molecular weight is 787 g/mol. The van der Waals surface area contributed by atoms with Crippen LogP contribution in [0.3, 0.4) is 0 Å². The van der Waals surface area contributed by atoms with Crippen LogP contribution >= 0.6 is 7.82 Å². The first-order chi connectivity index (χ1) is 26.3. The van der Waals surface area contributed by atoms with Gasteiger partial charge in [-0.05, 0) is 38.5 Å². The molecule has 0 aromatic carbocycles. The molecule has 320 valence electrons. The number of phosphoric acid groups is 1. The minimum atomic E-state index is -4.26. The number of rotatable bonds is 43. The second-order valence-corrected chi connectivity index (χ2v) is 17.1. The van der Waals surface area contributed by atoms with E-state index in [0.717, 1.165) is 39.2 Å². The van der Waals surface area contributed by atoms with Crippen LogP contribution in [0.25, 0.3) is 0 Å². The van der Waals surface area contributed by atoms with Gasteiger partial charge in [-0.15, -0.1) is 0 Å². The van der Waals surface area contributed by atoms with Crippen molar-refractivity contribution in [2.75, 3.05) is 20.3 Å². The van der Waals surface area contributed by atoms with Gasteiger partial charge in [-0.1, -0.05) is 199 Å². The van der Waals surface area contributed by atoms with Crippen molar-refractivity contribution in [1.82, 2.24) is 0 Å². The summed E-state index contributed by atoms with van der Waals surface area (Å²) < 4.78 is 32.0. The Labute approximate surface area is 333 Å². The molecule has 0 saturated carbocycles. The number of carbonyl (C=O) groups excluding carboxylic acids is 2. The van der Waals surface area contributed by atoms with Gasteiger partial charge in [0.15, 0.2) is 6.10 Å². The Morgan fingerprint density at radius 3 is 1.20 bits per heavy atom. The minimum absolute atomic E-state index is 0.220. The van der Waals surface area contributed by atoms with Crippen molar-refractivity contribution < 1.29 is 37.6 Å². The molecule has 0 spiro atoms. The van der Waals surface area contributed by atoms with Crippen LogP contribution in [0.15, 0.2) is 12.2 Å². The van der Waals surface area contributed by atoms with E-state index in [1.807, 2.05) is 0 Å². The van der Waals surface area contributed by atoms with Crippen molar-refractivity contribution in [3.63, 3.8) is 0 Å². The van der Waals surface area contributed by atoms with Gasteiger partial charge in [-0.25, -0.2) is 4.57 Å². The van der Waals surface area contributed by atoms with E-state index >= 15 is 0 Å². The zero-order valence-electron chi connectivity index (χ0n) is 35.6. The predicted octanol–water partition coefficient (Wildman–Crippen LogP) is 14.5. The molecule has 8 nitrogen and oxygen atoms in total. The van der Waals surface area contributed by atoms with Crippen molar-refractivity contribution in [1.29, 1.82) is 0 Å². The second-order valence-electron chi connectivity index (χ2n) is 15.5. The lowest BCUT2D eigenvalue weighted by molar-refractivity contribution is -0.161. The molecule has 0 aliphatic rings. The molecule has 0 aliphatic carbocycles. The summed E-state index contributed by atoms with van der Waals surface area (Å²) >= 11 is 0. The van der Waals surface area contributed by atoms with E-state index < -0.39 is 26.5 Å². The molecule has 0 aliphatic heterocycles. The van der Waals surface area contributed by atoms with Crippen molar-refractivity contribution in [2.45, 2.75) is 245 Å². The molecule has 0 fully saturated rings. The Morgan fingerprint density at radius 1 is 0.500 bits per heavy atom. The normalized spacial score (nSPS) is 13.3. The molecule has 54 heavy (non-hydrogen) atoms. The van der Waals surface area contributed by atoms with Gasteiger partial charge in [0.25, 0.3) is 0 Å². The summed E-state index contributed by atoms with van der Waals surface area (Å²) in [4.78, 5) is 34.5. The highest BCUT2D eigenvalue weighted by atomic mass is 31.2. The maximum Gasteiger partial charge on any atom is 0.472 e. The molecule has 0 aromatic rings. The van der Waals surface area contributed by atoms with Crippen LogP contribution in [0.1, 0.15) is 239 Å². The highest BCUT2D eigenvalue weighted by molar-refractivity contribution is 7.47. The number of ether oxygens (including phenoxy) is 2. The van der Waals surface area contributed by atoms with Gasteiger partial charge in [0.05, 0.1) is 6.61 Å². The van der Waals surface area contributed by atoms with Gasteiger partial charge in [0, 0.05) is 20.0 Å². The van der Waals surface area contributed by atoms with E-state index in [1.54, 1.807) is 0 Å². The number of hydrogen-bond donors (Lipinski definition) is 1. The quantitative estimate of drug-likeness (QED) is 0.0282. The van der Waals surface area contributed by atoms with Gasteiger partial charge in [-0.2, -0.15) is 0 Å². The fraction of sp³-hybridized carbons (Fsp3) is 0.911. The standard InChI is InChI=1S/C45H87O8P/c1-4-6-8-10-12-14-16-18-20-22-23-24-26-28-30-32-34-36-38-40-45(47)53-43(42-52-54(48,49)50-3)41-51-44(46)39-37-35-33-31-29-27-25-21-19-17-15-13-11-9-7-5-2/h18,20,43H,4-17,19,21-42H2,1-3H3,(H,48,49)/b20-18-. The van der Waals surface area contributed by atoms with Crippen LogP contribution in [0.4, 0.5) is 0 Å². The smallest absolute Gasteiger partial charge is 0.462 e. The van der Waals surface area contributed by atoms with E-state index in [9.17, 15) is 19.0 Å². The van der Waals surface area contributed by atoms with Gasteiger partial charge in [0.1, 0.15) is 6.61 Å². The van der Waals surface area contributed by atoms with Crippen LogP contribution < -0.4 is 0 Å². The van der Waals surface area contributed by atoms with Crippen LogP contribution in [0, 0.1) is 0 Å². The Hall–Kier alpha value is -1.21. The highest BCUT2D eigenvalue weighted by Crippen LogP contribution is 2.42. The number of esters is 2. The zero-order valence-corrected chi connectivity index (χ0v) is 36.5. The molecule has 1 N–H and O–H groups in total. The molecule has 0 radical (unpaired) electrons. The highest BCUT2D eigenvalue weighted by Gasteiger charge is 2.24. The van der Waals surface area contributed by atoms with Crippen LogP contribution in [-0.4, -0.2) is 43.3 Å². The third-order valence-electron chi connectivity index (χ3n) is 10.3. The van der Waals surface area contributed by atoms with Gasteiger partial charge >= 0.3 is 19.8 Å². The first-order valence-electron chi connectivity index (χ1n) is 22.9. The summed E-state index contributed by atoms with van der Waals surface area (Å²) in [6.45, 7) is 3.92. The van der Waals surface area contributed by atoms with Crippen LogP contribution in [0.5, 0.6) is 0 Å². The first-order valence-corrected chi connectivity index (χ1v) is 24.4. The third-order valence-corrected chi connectivity index (χ3v) is 11.2. The molecule has 0 saturated heterocycles.